The molecule has 0 amide bonds. The molecule has 2 aliphatic rings. The number of anilines is 1. The van der Waals surface area contributed by atoms with E-state index in [1.54, 1.807) is 11.3 Å². The van der Waals surface area contributed by atoms with Gasteiger partial charge < -0.3 is 10.2 Å². The van der Waals surface area contributed by atoms with Gasteiger partial charge in [-0.3, -0.25) is 0 Å². The van der Waals surface area contributed by atoms with E-state index in [-0.39, 0.29) is 5.54 Å². The van der Waals surface area contributed by atoms with Crippen LogP contribution in [0.2, 0.25) is 0 Å². The van der Waals surface area contributed by atoms with Crippen LogP contribution in [0, 0.1) is 11.8 Å². The summed E-state index contributed by atoms with van der Waals surface area (Å²) in [4.78, 5) is 7.04. The predicted octanol–water partition coefficient (Wildman–Crippen LogP) is 2.34. The first-order valence-corrected chi connectivity index (χ1v) is 7.35. The van der Waals surface area contributed by atoms with E-state index in [1.807, 2.05) is 0 Å². The van der Waals surface area contributed by atoms with Crippen LogP contribution < -0.4 is 10.2 Å². The van der Waals surface area contributed by atoms with Gasteiger partial charge in [-0.1, -0.05) is 0 Å². The molecule has 2 atom stereocenters. The van der Waals surface area contributed by atoms with Gasteiger partial charge in [0, 0.05) is 30.6 Å². The summed E-state index contributed by atoms with van der Waals surface area (Å²) in [6.07, 6.45) is 0. The van der Waals surface area contributed by atoms with Gasteiger partial charge in [-0.15, -0.1) is 11.3 Å². The van der Waals surface area contributed by atoms with Crippen molar-refractivity contribution in [3.63, 3.8) is 0 Å². The van der Waals surface area contributed by atoms with Crippen LogP contribution in [0.3, 0.4) is 0 Å². The van der Waals surface area contributed by atoms with Crippen molar-refractivity contribution in [2.75, 3.05) is 24.5 Å². The zero-order chi connectivity index (χ0) is 11.3. The van der Waals surface area contributed by atoms with E-state index >= 15 is 0 Å². The Bertz CT molecular complexity index is 404. The molecule has 3 heterocycles. The smallest absolute Gasteiger partial charge is 0.186 e. The maximum atomic E-state index is 4.56. The molecule has 2 fully saturated rings. The van der Waals surface area contributed by atoms with E-state index in [0.29, 0.717) is 0 Å². The Morgan fingerprint density at radius 3 is 3.00 bits per heavy atom. The molecular weight excluding hydrogens is 286 g/mol. The predicted molar refractivity (Wildman–Crippen MR) is 71.1 cm³/mol. The minimum absolute atomic E-state index is 0.228. The SMILES string of the molecule is CC1(C)C2CNCC2CN1c1nc(Br)cs1. The lowest BCUT2D eigenvalue weighted by Crippen LogP contribution is -2.44. The molecule has 3 nitrogen and oxygen atoms in total. The molecule has 2 saturated heterocycles. The molecule has 88 valence electrons. The second-order valence-electron chi connectivity index (χ2n) is 5.24. The molecule has 2 aliphatic heterocycles. The summed E-state index contributed by atoms with van der Waals surface area (Å²) in [5.74, 6) is 1.55. The number of fused-ring (bicyclic) bond motifs is 1. The normalized spacial score (nSPS) is 32.1. The molecule has 5 heteroatoms. The van der Waals surface area contributed by atoms with Gasteiger partial charge in [0.15, 0.2) is 5.13 Å². The van der Waals surface area contributed by atoms with Crippen LogP contribution in [-0.2, 0) is 0 Å². The van der Waals surface area contributed by atoms with Gasteiger partial charge >= 0.3 is 0 Å². The Labute approximate surface area is 108 Å². The van der Waals surface area contributed by atoms with Crippen LogP contribution in [-0.4, -0.2) is 30.2 Å². The van der Waals surface area contributed by atoms with E-state index in [1.165, 1.54) is 0 Å². The summed E-state index contributed by atoms with van der Waals surface area (Å²) in [6, 6.07) is 0. The summed E-state index contributed by atoms with van der Waals surface area (Å²) in [5.41, 5.74) is 0.228. The van der Waals surface area contributed by atoms with E-state index < -0.39 is 0 Å². The van der Waals surface area contributed by atoms with Crippen LogP contribution in [0.15, 0.2) is 9.98 Å². The Hall–Kier alpha value is -0.130. The minimum atomic E-state index is 0.228. The van der Waals surface area contributed by atoms with E-state index in [9.17, 15) is 0 Å². The summed E-state index contributed by atoms with van der Waals surface area (Å²) >= 11 is 5.17. The van der Waals surface area contributed by atoms with Crippen molar-refractivity contribution in [1.29, 1.82) is 0 Å². The summed E-state index contributed by atoms with van der Waals surface area (Å²) < 4.78 is 0.957. The average Bonchev–Trinajstić information content (AvgIpc) is 2.85. The summed E-state index contributed by atoms with van der Waals surface area (Å²) in [5, 5.41) is 6.73. The van der Waals surface area contributed by atoms with Crippen LogP contribution in [0.25, 0.3) is 0 Å². The van der Waals surface area contributed by atoms with Crippen molar-refractivity contribution in [2.45, 2.75) is 19.4 Å². The first-order chi connectivity index (χ1) is 7.59. The van der Waals surface area contributed by atoms with Gasteiger partial charge in [-0.25, -0.2) is 4.98 Å². The van der Waals surface area contributed by atoms with Gasteiger partial charge in [-0.2, -0.15) is 0 Å². The minimum Gasteiger partial charge on any atom is -0.342 e. The lowest BCUT2D eigenvalue weighted by atomic mass is 9.85. The molecule has 1 N–H and O–H groups in total. The fourth-order valence-corrected chi connectivity index (χ4v) is 4.52. The number of thiazole rings is 1. The lowest BCUT2D eigenvalue weighted by molar-refractivity contribution is 0.357. The van der Waals surface area contributed by atoms with Crippen molar-refractivity contribution in [3.8, 4) is 0 Å². The molecule has 3 rings (SSSR count). The molecule has 0 radical (unpaired) electrons. The molecule has 0 aliphatic carbocycles. The molecular formula is C11H16BrN3S. The second kappa shape index (κ2) is 3.68. The largest absolute Gasteiger partial charge is 0.342 e. The highest BCUT2D eigenvalue weighted by Gasteiger charge is 2.50. The van der Waals surface area contributed by atoms with Crippen molar-refractivity contribution in [2.24, 2.45) is 11.8 Å². The fourth-order valence-electron chi connectivity index (χ4n) is 3.12. The summed E-state index contributed by atoms with van der Waals surface area (Å²) in [6.45, 7) is 8.16. The number of hydrogen-bond acceptors (Lipinski definition) is 4. The first kappa shape index (κ1) is 11.0. The van der Waals surface area contributed by atoms with Gasteiger partial charge in [-0.05, 0) is 41.6 Å². The van der Waals surface area contributed by atoms with E-state index in [0.717, 1.165) is 41.2 Å². The number of nitrogens with zero attached hydrogens (tertiary/aromatic N) is 2. The molecule has 0 bridgehead atoms. The molecule has 1 aromatic rings. The number of nitrogens with one attached hydrogen (secondary N) is 1. The monoisotopic (exact) mass is 301 g/mol. The van der Waals surface area contributed by atoms with E-state index in [4.69, 9.17) is 0 Å². The Kier molecular flexibility index (Phi) is 2.53. The van der Waals surface area contributed by atoms with Gasteiger partial charge in [0.25, 0.3) is 0 Å². The second-order valence-corrected chi connectivity index (χ2v) is 6.89. The zero-order valence-corrected chi connectivity index (χ0v) is 11.9. The highest BCUT2D eigenvalue weighted by molar-refractivity contribution is 9.10. The van der Waals surface area contributed by atoms with Crippen LogP contribution in [0.1, 0.15) is 13.8 Å². The third-order valence-corrected chi connectivity index (χ3v) is 5.63. The Balaban J connectivity index is 1.92. The Morgan fingerprint density at radius 2 is 2.38 bits per heavy atom. The standard InChI is InChI=1S/C11H16BrN3S/c1-11(2)8-4-13-3-7(8)5-15(11)10-14-9(12)6-16-10/h6-8,13H,3-5H2,1-2H3. The average molecular weight is 302 g/mol. The first-order valence-electron chi connectivity index (χ1n) is 5.68. The van der Waals surface area contributed by atoms with Crippen molar-refractivity contribution < 1.29 is 0 Å². The fraction of sp³-hybridized carbons (Fsp3) is 0.727. The van der Waals surface area contributed by atoms with E-state index in [2.05, 4.69) is 50.4 Å². The number of halogens is 1. The molecule has 0 aromatic carbocycles. The van der Waals surface area contributed by atoms with Gasteiger partial charge in [0.05, 0.1) is 0 Å². The molecule has 0 spiro atoms. The molecule has 1 aromatic heterocycles. The van der Waals surface area contributed by atoms with Crippen LogP contribution in [0.5, 0.6) is 0 Å². The summed E-state index contributed by atoms with van der Waals surface area (Å²) in [7, 11) is 0. The number of hydrogen-bond donors (Lipinski definition) is 1. The highest BCUT2D eigenvalue weighted by atomic mass is 79.9. The van der Waals surface area contributed by atoms with Crippen molar-refractivity contribution in [1.82, 2.24) is 10.3 Å². The van der Waals surface area contributed by atoms with Crippen LogP contribution >= 0.6 is 27.3 Å². The molecule has 0 saturated carbocycles. The highest BCUT2D eigenvalue weighted by Crippen LogP contribution is 2.44. The van der Waals surface area contributed by atoms with Crippen molar-refractivity contribution >= 4 is 32.4 Å². The molecule has 16 heavy (non-hydrogen) atoms. The molecule has 2 unspecified atom stereocenters. The van der Waals surface area contributed by atoms with Gasteiger partial charge in [0.2, 0.25) is 0 Å². The zero-order valence-electron chi connectivity index (χ0n) is 9.53. The van der Waals surface area contributed by atoms with Gasteiger partial charge in [0.1, 0.15) is 4.60 Å². The number of aromatic nitrogens is 1. The van der Waals surface area contributed by atoms with Crippen LogP contribution in [0.4, 0.5) is 5.13 Å². The Morgan fingerprint density at radius 1 is 1.56 bits per heavy atom. The lowest BCUT2D eigenvalue weighted by Gasteiger charge is -2.35. The van der Waals surface area contributed by atoms with Crippen molar-refractivity contribution in [3.05, 3.63) is 9.98 Å². The maximum Gasteiger partial charge on any atom is 0.186 e. The third kappa shape index (κ3) is 1.52. The number of rotatable bonds is 1. The quantitative estimate of drug-likeness (QED) is 0.863. The maximum absolute atomic E-state index is 4.56. The third-order valence-electron chi connectivity index (χ3n) is 4.05. The topological polar surface area (TPSA) is 28.2 Å².